The van der Waals surface area contributed by atoms with Crippen LogP contribution in [0.2, 0.25) is 0 Å². The monoisotopic (exact) mass is 182 g/mol. The predicted molar refractivity (Wildman–Crippen MR) is 40.3 cm³/mol. The van der Waals surface area contributed by atoms with Crippen molar-refractivity contribution in [1.29, 1.82) is 0 Å². The van der Waals surface area contributed by atoms with E-state index in [2.05, 4.69) is 14.7 Å². The number of ether oxygens (including phenoxy) is 1. The minimum atomic E-state index is -1.31. The van der Waals surface area contributed by atoms with Gasteiger partial charge in [-0.15, -0.1) is 0 Å². The van der Waals surface area contributed by atoms with E-state index in [0.717, 1.165) is 7.11 Å². The number of rotatable bonds is 2. The van der Waals surface area contributed by atoms with Crippen LogP contribution in [0.4, 0.5) is 0 Å². The number of aromatic carboxylic acids is 1. The maximum absolute atomic E-state index is 11.0. The number of carboxylic acid groups (broad SMARTS) is 1. The van der Waals surface area contributed by atoms with Crippen molar-refractivity contribution in [2.24, 2.45) is 0 Å². The Hall–Kier alpha value is -1.98. The summed E-state index contributed by atoms with van der Waals surface area (Å²) in [4.78, 5) is 28.5. The van der Waals surface area contributed by atoms with Crippen molar-refractivity contribution in [1.82, 2.24) is 9.97 Å². The molecule has 0 radical (unpaired) electrons. The van der Waals surface area contributed by atoms with Crippen molar-refractivity contribution in [3.8, 4) is 0 Å². The second kappa shape index (κ2) is 3.61. The van der Waals surface area contributed by atoms with Crippen LogP contribution in [0.1, 0.15) is 21.0 Å². The molecule has 1 N–H and O–H groups in total. The molecule has 0 aliphatic rings. The van der Waals surface area contributed by atoms with Crippen LogP contribution >= 0.6 is 0 Å². The number of hydrogen-bond donors (Lipinski definition) is 1. The summed E-state index contributed by atoms with van der Waals surface area (Å²) < 4.78 is 4.32. The van der Waals surface area contributed by atoms with Crippen LogP contribution in [0.15, 0.2) is 12.4 Å². The molecule has 0 bridgehead atoms. The first-order valence-electron chi connectivity index (χ1n) is 3.29. The number of carboxylic acids is 1. The number of methoxy groups -OCH3 is 1. The Labute approximate surface area is 73.2 Å². The smallest absolute Gasteiger partial charge is 0.359 e. The quantitative estimate of drug-likeness (QED) is 0.645. The van der Waals surface area contributed by atoms with Crippen molar-refractivity contribution >= 4 is 11.9 Å². The molecule has 6 nitrogen and oxygen atoms in total. The average molecular weight is 182 g/mol. The Bertz CT molecular complexity index is 350. The van der Waals surface area contributed by atoms with E-state index in [1.807, 2.05) is 0 Å². The number of aromatic nitrogens is 2. The van der Waals surface area contributed by atoms with Crippen LogP contribution in [-0.2, 0) is 4.74 Å². The Morgan fingerprint density at radius 1 is 1.31 bits per heavy atom. The molecule has 1 aromatic rings. The van der Waals surface area contributed by atoms with Crippen LogP contribution in [0.25, 0.3) is 0 Å². The summed E-state index contributed by atoms with van der Waals surface area (Å²) in [6, 6.07) is 0. The van der Waals surface area contributed by atoms with Gasteiger partial charge in [-0.1, -0.05) is 0 Å². The van der Waals surface area contributed by atoms with E-state index in [1.165, 1.54) is 12.4 Å². The molecule has 0 unspecified atom stereocenters. The third kappa shape index (κ3) is 1.78. The van der Waals surface area contributed by atoms with Gasteiger partial charge in [0.15, 0.2) is 11.4 Å². The molecule has 0 spiro atoms. The van der Waals surface area contributed by atoms with Gasteiger partial charge in [0, 0.05) is 12.4 Å². The van der Waals surface area contributed by atoms with E-state index in [4.69, 9.17) is 5.11 Å². The molecule has 68 valence electrons. The zero-order valence-corrected chi connectivity index (χ0v) is 6.72. The van der Waals surface area contributed by atoms with Gasteiger partial charge >= 0.3 is 11.9 Å². The highest BCUT2D eigenvalue weighted by atomic mass is 16.5. The fourth-order valence-electron chi connectivity index (χ4n) is 0.741. The molecule has 6 heteroatoms. The topological polar surface area (TPSA) is 89.4 Å². The molecule has 0 amide bonds. The lowest BCUT2D eigenvalue weighted by molar-refractivity contribution is 0.0573. The number of hydrogen-bond acceptors (Lipinski definition) is 5. The minimum Gasteiger partial charge on any atom is -0.476 e. The van der Waals surface area contributed by atoms with Crippen molar-refractivity contribution in [2.75, 3.05) is 7.11 Å². The van der Waals surface area contributed by atoms with Gasteiger partial charge in [0.05, 0.1) is 7.11 Å². The van der Waals surface area contributed by atoms with E-state index in [1.54, 1.807) is 0 Å². The largest absolute Gasteiger partial charge is 0.476 e. The van der Waals surface area contributed by atoms with Gasteiger partial charge in [-0.05, 0) is 0 Å². The lowest BCUT2D eigenvalue weighted by atomic mass is 10.3. The minimum absolute atomic E-state index is 0.294. The lowest BCUT2D eigenvalue weighted by Crippen LogP contribution is -2.13. The van der Waals surface area contributed by atoms with Crippen LogP contribution in [0.3, 0.4) is 0 Å². The Kier molecular flexibility index (Phi) is 2.53. The first kappa shape index (κ1) is 9.11. The molecule has 0 aliphatic heterocycles. The summed E-state index contributed by atoms with van der Waals surface area (Å²) in [6.07, 6.45) is 2.41. The van der Waals surface area contributed by atoms with E-state index in [-0.39, 0.29) is 5.69 Å². The highest BCUT2D eigenvalue weighted by molar-refractivity contribution is 5.99. The standard InChI is InChI=1S/C7H6N2O4/c1-13-7(12)5-4(6(10)11)8-2-3-9-5/h2-3H,1H3,(H,10,11). The highest BCUT2D eigenvalue weighted by Crippen LogP contribution is 2.02. The molecule has 0 atom stereocenters. The zero-order valence-electron chi connectivity index (χ0n) is 6.72. The van der Waals surface area contributed by atoms with Crippen molar-refractivity contribution < 1.29 is 19.4 Å². The van der Waals surface area contributed by atoms with Crippen LogP contribution in [0, 0.1) is 0 Å². The van der Waals surface area contributed by atoms with Crippen molar-refractivity contribution in [3.63, 3.8) is 0 Å². The van der Waals surface area contributed by atoms with E-state index < -0.39 is 17.6 Å². The number of esters is 1. The zero-order chi connectivity index (χ0) is 9.84. The van der Waals surface area contributed by atoms with Gasteiger partial charge in [0.2, 0.25) is 0 Å². The van der Waals surface area contributed by atoms with E-state index in [0.29, 0.717) is 0 Å². The van der Waals surface area contributed by atoms with Crippen molar-refractivity contribution in [3.05, 3.63) is 23.8 Å². The summed E-state index contributed by atoms with van der Waals surface area (Å²) >= 11 is 0. The van der Waals surface area contributed by atoms with Gasteiger partial charge in [-0.3, -0.25) is 0 Å². The SMILES string of the molecule is COC(=O)c1nccnc1C(=O)O. The summed E-state index contributed by atoms with van der Waals surface area (Å²) in [5, 5.41) is 8.60. The van der Waals surface area contributed by atoms with Crippen LogP contribution in [-0.4, -0.2) is 34.1 Å². The average Bonchev–Trinajstić information content (AvgIpc) is 2.16. The summed E-state index contributed by atoms with van der Waals surface area (Å²) in [6.45, 7) is 0. The molecule has 0 aliphatic carbocycles. The highest BCUT2D eigenvalue weighted by Gasteiger charge is 2.19. The first-order chi connectivity index (χ1) is 6.16. The van der Waals surface area contributed by atoms with Crippen LogP contribution in [0.5, 0.6) is 0 Å². The fourth-order valence-corrected chi connectivity index (χ4v) is 0.741. The van der Waals surface area contributed by atoms with Gasteiger partial charge in [0.25, 0.3) is 0 Å². The summed E-state index contributed by atoms with van der Waals surface area (Å²) in [5.41, 5.74) is -0.702. The fraction of sp³-hybridized carbons (Fsp3) is 0.143. The molecule has 0 aromatic carbocycles. The Morgan fingerprint density at radius 3 is 2.31 bits per heavy atom. The second-order valence-corrected chi connectivity index (χ2v) is 2.05. The normalized spacial score (nSPS) is 9.31. The maximum atomic E-state index is 11.0. The Balaban J connectivity index is 3.19. The molecule has 13 heavy (non-hydrogen) atoms. The first-order valence-corrected chi connectivity index (χ1v) is 3.29. The van der Waals surface area contributed by atoms with Gasteiger partial charge in [-0.25, -0.2) is 19.6 Å². The maximum Gasteiger partial charge on any atom is 0.359 e. The molecule has 1 aromatic heterocycles. The molecule has 1 heterocycles. The number of carbonyl (C=O) groups is 2. The summed E-state index contributed by atoms with van der Waals surface area (Å²) in [5.74, 6) is -2.13. The molecular weight excluding hydrogens is 176 g/mol. The number of nitrogens with zero attached hydrogens (tertiary/aromatic N) is 2. The molecule has 0 saturated heterocycles. The van der Waals surface area contributed by atoms with Crippen LogP contribution < -0.4 is 0 Å². The predicted octanol–water partition coefficient (Wildman–Crippen LogP) is -0.0386. The van der Waals surface area contributed by atoms with Crippen molar-refractivity contribution in [2.45, 2.75) is 0 Å². The molecule has 0 saturated carbocycles. The third-order valence-electron chi connectivity index (χ3n) is 1.28. The Morgan fingerprint density at radius 2 is 1.85 bits per heavy atom. The van der Waals surface area contributed by atoms with Gasteiger partial charge in [0.1, 0.15) is 0 Å². The van der Waals surface area contributed by atoms with Gasteiger partial charge < -0.3 is 9.84 Å². The second-order valence-electron chi connectivity index (χ2n) is 2.05. The summed E-state index contributed by atoms with van der Waals surface area (Å²) in [7, 11) is 1.14. The molecular formula is C7H6N2O4. The van der Waals surface area contributed by atoms with E-state index in [9.17, 15) is 9.59 Å². The third-order valence-corrected chi connectivity index (χ3v) is 1.28. The van der Waals surface area contributed by atoms with E-state index >= 15 is 0 Å². The van der Waals surface area contributed by atoms with Gasteiger partial charge in [-0.2, -0.15) is 0 Å². The molecule has 0 fully saturated rings. The lowest BCUT2D eigenvalue weighted by Gasteiger charge is -1.99. The molecule has 1 rings (SSSR count). The number of carbonyl (C=O) groups excluding carboxylic acids is 1.